The molecule has 0 unspecified atom stereocenters. The molecule has 2 rings (SSSR count). The van der Waals surface area contributed by atoms with Crippen molar-refractivity contribution in [2.24, 2.45) is 0 Å². The van der Waals surface area contributed by atoms with Crippen LogP contribution in [0.2, 0.25) is 0 Å². The number of benzene rings is 2. The molecule has 2 aromatic rings. The molecule has 0 saturated carbocycles. The molecular weight excluding hydrogens is 1630 g/mol. The molecule has 17 heteroatoms. The number of esters is 4. The summed E-state index contributed by atoms with van der Waals surface area (Å²) in [4.78, 5) is 50.6. The van der Waals surface area contributed by atoms with Gasteiger partial charge in [0.05, 0.1) is 58.5 Å². The monoisotopic (exact) mass is 1810 g/mol. The van der Waals surface area contributed by atoms with Crippen LogP contribution in [0, 0.1) is 0 Å². The van der Waals surface area contributed by atoms with E-state index in [0.717, 1.165) is 89.2 Å². The van der Waals surface area contributed by atoms with Gasteiger partial charge in [0, 0.05) is 0 Å². The van der Waals surface area contributed by atoms with Crippen LogP contribution in [0.15, 0.2) is 94.8 Å². The third-order valence-electron chi connectivity index (χ3n) is 24.0. The van der Waals surface area contributed by atoms with Gasteiger partial charge in [-0.15, -0.1) is 0 Å². The molecule has 0 N–H and O–H groups in total. The molecule has 125 heavy (non-hydrogen) atoms. The molecule has 0 bridgehead atoms. The predicted octanol–water partition coefficient (Wildman–Crippen LogP) is 33.4. The minimum absolute atomic E-state index is 0. The number of hydrogen-bond donors (Lipinski definition) is 0. The van der Waals surface area contributed by atoms with Crippen molar-refractivity contribution in [3.63, 3.8) is 0 Å². The van der Waals surface area contributed by atoms with Crippen LogP contribution in [0.3, 0.4) is 0 Å². The molecule has 0 spiro atoms. The minimum Gasteiger partial charge on any atom is -0.744 e. The van der Waals surface area contributed by atoms with Gasteiger partial charge in [-0.1, -0.05) is 448 Å². The number of carbonyl (C=O) groups is 4. The molecule has 0 fully saturated rings. The van der Waals surface area contributed by atoms with Crippen molar-refractivity contribution in [2.75, 3.05) is 26.4 Å². The number of hydrogen-bond acceptors (Lipinski definition) is 14. The third kappa shape index (κ3) is 76.6. The van der Waals surface area contributed by atoms with E-state index in [1.807, 2.05) is 0 Å². The summed E-state index contributed by atoms with van der Waals surface area (Å²) >= 11 is 0. The van der Waals surface area contributed by atoms with E-state index >= 15 is 0 Å². The first-order chi connectivity index (χ1) is 60.6. The molecule has 716 valence electrons. The van der Waals surface area contributed by atoms with Gasteiger partial charge in [-0.3, -0.25) is 0 Å². The third-order valence-corrected chi connectivity index (χ3v) is 25.8. The molecule has 0 saturated heterocycles. The number of rotatable bonds is 90. The van der Waals surface area contributed by atoms with Crippen LogP contribution in [-0.4, -0.2) is 114 Å². The van der Waals surface area contributed by atoms with Gasteiger partial charge in [-0.2, -0.15) is 0 Å². The molecule has 0 amide bonds. The van der Waals surface area contributed by atoms with Crippen molar-refractivity contribution in [1.82, 2.24) is 0 Å². The van der Waals surface area contributed by atoms with Gasteiger partial charge < -0.3 is 28.1 Å². The molecule has 0 heterocycles. The Labute approximate surface area is 798 Å². The van der Waals surface area contributed by atoms with Crippen LogP contribution in [0.1, 0.15) is 557 Å². The van der Waals surface area contributed by atoms with E-state index in [-0.39, 0.29) is 75.3 Å². The maximum Gasteiger partial charge on any atom is 2.00 e. The van der Waals surface area contributed by atoms with Crippen molar-refractivity contribution in [3.05, 3.63) is 107 Å². The summed E-state index contributed by atoms with van der Waals surface area (Å²) in [6, 6.07) is 7.29. The van der Waals surface area contributed by atoms with E-state index in [9.17, 15) is 45.1 Å². The van der Waals surface area contributed by atoms with Crippen LogP contribution < -0.4 is 0 Å². The Kier molecular flexibility index (Phi) is 89.5. The molecule has 0 radical (unpaired) electrons. The maximum atomic E-state index is 13.1. The van der Waals surface area contributed by atoms with Crippen molar-refractivity contribution < 1.29 is 64.1 Å². The molecule has 2 aromatic carbocycles. The fourth-order valence-electron chi connectivity index (χ4n) is 16.1. The molecule has 0 aliphatic heterocycles. The number of carbonyl (C=O) groups excluding carboxylic acids is 4. The van der Waals surface area contributed by atoms with Gasteiger partial charge in [0.1, 0.15) is 20.2 Å². The predicted molar refractivity (Wildman–Crippen MR) is 526 cm³/mol. The smallest absolute Gasteiger partial charge is 0.744 e. The average Bonchev–Trinajstić information content (AvgIpc) is 0.795. The number of unbranched alkanes of at least 4 members (excludes halogenated alkanes) is 68. The zero-order valence-electron chi connectivity index (χ0n) is 80.9. The summed E-state index contributed by atoms with van der Waals surface area (Å²) < 4.78 is 93.9. The zero-order valence-corrected chi connectivity index (χ0v) is 84.7. The van der Waals surface area contributed by atoms with E-state index < -0.39 is 65.0 Å². The molecule has 14 nitrogen and oxygen atoms in total. The minimum atomic E-state index is -5.02. The van der Waals surface area contributed by atoms with Crippen LogP contribution in [0.25, 0.3) is 0 Å². The summed E-state index contributed by atoms with van der Waals surface area (Å²) in [5, 5.41) is 0. The first-order valence-corrected chi connectivity index (χ1v) is 54.9. The summed E-state index contributed by atoms with van der Waals surface area (Å²) in [6.45, 7) is 9.56. The quantitative estimate of drug-likeness (QED) is 0.0150. The summed E-state index contributed by atoms with van der Waals surface area (Å²) in [7, 11) is -10.0. The molecular formula is C108H186CaO14S2. The van der Waals surface area contributed by atoms with Gasteiger partial charge in [0.2, 0.25) is 0 Å². The Morgan fingerprint density at radius 2 is 0.368 bits per heavy atom. The Morgan fingerprint density at radius 1 is 0.224 bits per heavy atom. The zero-order chi connectivity index (χ0) is 90.1. The van der Waals surface area contributed by atoms with Crippen molar-refractivity contribution in [1.29, 1.82) is 0 Å². The van der Waals surface area contributed by atoms with Crippen molar-refractivity contribution >= 4 is 81.9 Å². The largest absolute Gasteiger partial charge is 2.00 e. The van der Waals surface area contributed by atoms with Gasteiger partial charge in [0.25, 0.3) is 0 Å². The van der Waals surface area contributed by atoms with E-state index in [1.54, 1.807) is 0 Å². The standard InChI is InChI=1S/2C54H94O7S.Ca/c2*1-3-5-7-9-11-13-15-17-19-21-23-25-27-29-31-33-35-37-39-41-43-48-60-53(55)50-46-45-47-51(62(57,58)59)52(50)54(56)61-49-44-42-40-38-36-34-32-30-28-26-24-22-20-18-16-14-12-10-8-6-4-2;/h2*19-22,45-47H,3-18,23-44,48-49H2,1-2H3,(H,57,58,59);/q;;+2/p-2/b2*21-19+,22-20+;. The van der Waals surface area contributed by atoms with E-state index in [4.69, 9.17) is 18.9 Å². The topological polar surface area (TPSA) is 220 Å². The van der Waals surface area contributed by atoms with E-state index in [2.05, 4.69) is 76.3 Å². The van der Waals surface area contributed by atoms with Crippen LogP contribution >= 0.6 is 0 Å². The SMILES string of the molecule is CCCCCCCCC/C=C/CCCCCCCCCCCCOC(=O)c1cccc(S(=O)(=O)[O-])c1C(=O)OCCCCCCCCCCCC/C=C/CCCCCCCCC.CCCCCCCCC/C=C/CCCCCCCCCCCCOC(=O)c1cccc(S(=O)(=O)[O-])c1C(=O)OCCCCCCCCCCCC/C=C/CCCCCCCCC.[Ca+2]. The van der Waals surface area contributed by atoms with Gasteiger partial charge in [-0.25, -0.2) is 36.0 Å². The average molecular weight is 1810 g/mol. The molecule has 0 aliphatic carbocycles. The number of allylic oxidation sites excluding steroid dienone is 8. The Hall–Kier alpha value is -3.64. The summed E-state index contributed by atoms with van der Waals surface area (Å²) in [5.41, 5.74) is -1.55. The van der Waals surface area contributed by atoms with Gasteiger partial charge >= 0.3 is 61.6 Å². The molecule has 0 aromatic heterocycles. The summed E-state index contributed by atoms with van der Waals surface area (Å²) in [5.74, 6) is -3.61. The second-order valence-corrected chi connectivity index (χ2v) is 38.3. The first-order valence-electron chi connectivity index (χ1n) is 52.1. The van der Waals surface area contributed by atoms with Gasteiger partial charge in [-0.05, 0) is 153 Å². The second-order valence-electron chi connectivity index (χ2n) is 35.6. The van der Waals surface area contributed by atoms with E-state index in [0.29, 0.717) is 25.7 Å². The fourth-order valence-corrected chi connectivity index (χ4v) is 17.5. The Balaban J connectivity index is 0.00000244. The normalized spacial score (nSPS) is 11.8. The van der Waals surface area contributed by atoms with Crippen molar-refractivity contribution in [2.45, 2.75) is 525 Å². The Bertz CT molecular complexity index is 2950. The first kappa shape index (κ1) is 121. The molecule has 0 aliphatic rings. The number of ether oxygens (including phenoxy) is 4. The maximum absolute atomic E-state index is 13.1. The van der Waals surface area contributed by atoms with Crippen LogP contribution in [0.5, 0.6) is 0 Å². The summed E-state index contributed by atoms with van der Waals surface area (Å²) in [6.07, 6.45) is 112. The van der Waals surface area contributed by atoms with Crippen LogP contribution in [-0.2, 0) is 39.2 Å². The Morgan fingerprint density at radius 3 is 0.528 bits per heavy atom. The fraction of sp³-hybridized carbons (Fsp3) is 0.778. The van der Waals surface area contributed by atoms with Crippen LogP contribution in [0.4, 0.5) is 0 Å². The van der Waals surface area contributed by atoms with Gasteiger partial charge in [0.15, 0.2) is 0 Å². The second kappa shape index (κ2) is 92.2. The molecule has 0 atom stereocenters. The van der Waals surface area contributed by atoms with E-state index in [1.165, 1.54) is 410 Å². The van der Waals surface area contributed by atoms with Crippen molar-refractivity contribution in [3.8, 4) is 0 Å².